The Kier molecular flexibility index (Phi) is 3.83. The Bertz CT molecular complexity index is 787. The predicted octanol–water partition coefficient (Wildman–Crippen LogP) is 6.29. The number of hydrogen-bond acceptors (Lipinski definition) is 1. The lowest BCUT2D eigenvalue weighted by Gasteiger charge is -2.07. The van der Waals surface area contributed by atoms with Crippen LogP contribution in [0.4, 0.5) is 8.78 Å². The fourth-order valence-electron chi connectivity index (χ4n) is 2.42. The van der Waals surface area contributed by atoms with Gasteiger partial charge < -0.3 is 0 Å². The number of rotatable bonds is 2. The molecule has 1 heterocycles. The van der Waals surface area contributed by atoms with Crippen LogP contribution in [0.2, 0.25) is 0 Å². The van der Waals surface area contributed by atoms with Crippen LogP contribution in [0.25, 0.3) is 21.6 Å². The van der Waals surface area contributed by atoms with E-state index in [2.05, 4.69) is 0 Å². The van der Waals surface area contributed by atoms with Crippen molar-refractivity contribution in [3.05, 3.63) is 70.1 Å². The maximum atomic E-state index is 14.5. The Morgan fingerprint density at radius 1 is 0.773 bits per heavy atom. The van der Waals surface area contributed by atoms with E-state index in [4.69, 9.17) is 0 Å². The van der Waals surface area contributed by atoms with E-state index in [1.165, 1.54) is 23.5 Å². The van der Waals surface area contributed by atoms with E-state index in [9.17, 15) is 8.78 Å². The lowest BCUT2D eigenvalue weighted by Crippen LogP contribution is -1.91. The molecule has 0 atom stereocenters. The van der Waals surface area contributed by atoms with Crippen LogP contribution in [0.1, 0.15) is 16.0 Å². The Hall–Kier alpha value is -2.00. The van der Waals surface area contributed by atoms with Crippen LogP contribution in [0.3, 0.4) is 0 Å². The van der Waals surface area contributed by atoms with Gasteiger partial charge in [0.2, 0.25) is 0 Å². The average Bonchev–Trinajstić information content (AvgIpc) is 2.78. The Balaban J connectivity index is 2.10. The smallest absolute Gasteiger partial charge is 0.135 e. The SMILES string of the molecule is Cc1ccc(-c2cc(F)c(-c3cc(C)c(C)s3)c(F)c2)cc1. The first-order valence-corrected chi connectivity index (χ1v) is 7.91. The summed E-state index contributed by atoms with van der Waals surface area (Å²) in [6, 6.07) is 12.3. The van der Waals surface area contributed by atoms with E-state index in [1.54, 1.807) is 0 Å². The number of thiophene rings is 1. The third-order valence-corrected chi connectivity index (χ3v) is 5.01. The van der Waals surface area contributed by atoms with Crippen molar-refractivity contribution >= 4 is 11.3 Å². The first kappa shape index (κ1) is 14.9. The van der Waals surface area contributed by atoms with Gasteiger partial charge >= 0.3 is 0 Å². The zero-order valence-corrected chi connectivity index (χ0v) is 13.5. The summed E-state index contributed by atoms with van der Waals surface area (Å²) in [5.74, 6) is -1.03. The summed E-state index contributed by atoms with van der Waals surface area (Å²) in [5, 5.41) is 0. The quantitative estimate of drug-likeness (QED) is 0.522. The minimum Gasteiger partial charge on any atom is -0.206 e. The fraction of sp³-hybridized carbons (Fsp3) is 0.158. The minimum atomic E-state index is -0.517. The van der Waals surface area contributed by atoms with Crippen LogP contribution in [-0.4, -0.2) is 0 Å². The van der Waals surface area contributed by atoms with Gasteiger partial charge in [0.05, 0.1) is 5.56 Å². The molecule has 112 valence electrons. The predicted molar refractivity (Wildman–Crippen MR) is 89.3 cm³/mol. The third kappa shape index (κ3) is 2.69. The van der Waals surface area contributed by atoms with Crippen molar-refractivity contribution in [3.8, 4) is 21.6 Å². The fourth-order valence-corrected chi connectivity index (χ4v) is 3.50. The highest BCUT2D eigenvalue weighted by Crippen LogP contribution is 2.36. The number of halogens is 2. The van der Waals surface area contributed by atoms with Crippen molar-refractivity contribution in [1.29, 1.82) is 0 Å². The summed E-state index contributed by atoms with van der Waals surface area (Å²) in [4.78, 5) is 1.72. The van der Waals surface area contributed by atoms with E-state index in [1.807, 2.05) is 51.1 Å². The maximum Gasteiger partial charge on any atom is 0.135 e. The summed E-state index contributed by atoms with van der Waals surface area (Å²) < 4.78 is 28.9. The standard InChI is InChI=1S/C19H16F2S/c1-11-4-6-14(7-5-11)15-9-16(20)19(17(21)10-15)18-8-12(2)13(3)22-18/h4-10H,1-3H3. The number of hydrogen-bond donors (Lipinski definition) is 0. The molecule has 0 N–H and O–H groups in total. The van der Waals surface area contributed by atoms with Crippen molar-refractivity contribution < 1.29 is 8.78 Å². The Labute approximate surface area is 133 Å². The summed E-state index contributed by atoms with van der Waals surface area (Å²) in [6.07, 6.45) is 0. The molecule has 3 aromatic rings. The van der Waals surface area contributed by atoms with E-state index in [0.717, 1.165) is 21.6 Å². The monoisotopic (exact) mass is 314 g/mol. The molecule has 0 spiro atoms. The highest BCUT2D eigenvalue weighted by molar-refractivity contribution is 7.15. The van der Waals surface area contributed by atoms with E-state index >= 15 is 0 Å². The number of benzene rings is 2. The molecule has 0 amide bonds. The lowest BCUT2D eigenvalue weighted by molar-refractivity contribution is 0.591. The zero-order valence-electron chi connectivity index (χ0n) is 12.7. The third-order valence-electron chi connectivity index (χ3n) is 3.84. The van der Waals surface area contributed by atoms with E-state index in [0.29, 0.717) is 10.4 Å². The second kappa shape index (κ2) is 5.65. The van der Waals surface area contributed by atoms with Gasteiger partial charge in [-0.1, -0.05) is 29.8 Å². The van der Waals surface area contributed by atoms with E-state index in [-0.39, 0.29) is 5.56 Å². The summed E-state index contributed by atoms with van der Waals surface area (Å²) in [5.41, 5.74) is 3.61. The summed E-state index contributed by atoms with van der Waals surface area (Å²) in [6.45, 7) is 5.89. The van der Waals surface area contributed by atoms with Crippen LogP contribution < -0.4 is 0 Å². The van der Waals surface area contributed by atoms with Crippen LogP contribution in [0.5, 0.6) is 0 Å². The molecule has 0 radical (unpaired) electrons. The van der Waals surface area contributed by atoms with Crippen LogP contribution in [0.15, 0.2) is 42.5 Å². The zero-order chi connectivity index (χ0) is 15.9. The first-order valence-electron chi connectivity index (χ1n) is 7.09. The van der Waals surface area contributed by atoms with Gasteiger partial charge in [-0.05, 0) is 55.7 Å². The van der Waals surface area contributed by atoms with Gasteiger partial charge in [-0.25, -0.2) is 8.78 Å². The summed E-state index contributed by atoms with van der Waals surface area (Å²) >= 11 is 1.42. The lowest BCUT2D eigenvalue weighted by atomic mass is 10.0. The largest absolute Gasteiger partial charge is 0.206 e. The second-order valence-corrected chi connectivity index (χ2v) is 6.79. The Morgan fingerprint density at radius 3 is 1.86 bits per heavy atom. The van der Waals surface area contributed by atoms with Crippen LogP contribution in [0, 0.1) is 32.4 Å². The molecule has 0 unspecified atom stereocenters. The van der Waals surface area contributed by atoms with E-state index < -0.39 is 11.6 Å². The molecule has 22 heavy (non-hydrogen) atoms. The highest BCUT2D eigenvalue weighted by atomic mass is 32.1. The first-order chi connectivity index (χ1) is 10.5. The van der Waals surface area contributed by atoms with Gasteiger partial charge in [0.15, 0.2) is 0 Å². The molecule has 0 fully saturated rings. The average molecular weight is 314 g/mol. The van der Waals surface area contributed by atoms with Gasteiger partial charge in [-0.3, -0.25) is 0 Å². The highest BCUT2D eigenvalue weighted by Gasteiger charge is 2.16. The molecule has 0 aliphatic heterocycles. The van der Waals surface area contributed by atoms with Crippen molar-refractivity contribution in [2.45, 2.75) is 20.8 Å². The summed E-state index contributed by atoms with van der Waals surface area (Å²) in [7, 11) is 0. The molecule has 3 rings (SSSR count). The Morgan fingerprint density at radius 2 is 1.36 bits per heavy atom. The molecule has 0 saturated heterocycles. The van der Waals surface area contributed by atoms with Crippen molar-refractivity contribution in [2.24, 2.45) is 0 Å². The van der Waals surface area contributed by atoms with Crippen molar-refractivity contribution in [2.75, 3.05) is 0 Å². The normalized spacial score (nSPS) is 11.0. The minimum absolute atomic E-state index is 0.0667. The molecule has 0 aliphatic rings. The molecule has 1 aromatic heterocycles. The van der Waals surface area contributed by atoms with Gasteiger partial charge in [0.25, 0.3) is 0 Å². The van der Waals surface area contributed by atoms with Crippen LogP contribution in [-0.2, 0) is 0 Å². The van der Waals surface area contributed by atoms with Gasteiger partial charge in [0.1, 0.15) is 11.6 Å². The van der Waals surface area contributed by atoms with Crippen molar-refractivity contribution in [1.82, 2.24) is 0 Å². The topological polar surface area (TPSA) is 0 Å². The van der Waals surface area contributed by atoms with Gasteiger partial charge in [0, 0.05) is 9.75 Å². The molecular formula is C19H16F2S. The maximum absolute atomic E-state index is 14.5. The molecule has 0 bridgehead atoms. The molecule has 0 aliphatic carbocycles. The van der Waals surface area contributed by atoms with Crippen LogP contribution >= 0.6 is 11.3 Å². The van der Waals surface area contributed by atoms with Gasteiger partial charge in [-0.2, -0.15) is 0 Å². The molecule has 3 heteroatoms. The second-order valence-electron chi connectivity index (χ2n) is 5.53. The van der Waals surface area contributed by atoms with Gasteiger partial charge in [-0.15, -0.1) is 11.3 Å². The number of aryl methyl sites for hydroxylation is 3. The van der Waals surface area contributed by atoms with Crippen molar-refractivity contribution in [3.63, 3.8) is 0 Å². The molecule has 2 aromatic carbocycles. The molecule has 0 nitrogen and oxygen atoms in total. The molecule has 0 saturated carbocycles. The molecular weight excluding hydrogens is 298 g/mol.